The van der Waals surface area contributed by atoms with Crippen LogP contribution >= 0.6 is 11.3 Å². The highest BCUT2D eigenvalue weighted by Crippen LogP contribution is 2.38. The van der Waals surface area contributed by atoms with E-state index in [2.05, 4.69) is 45.5 Å². The van der Waals surface area contributed by atoms with Crippen molar-refractivity contribution in [3.63, 3.8) is 0 Å². The van der Waals surface area contributed by atoms with E-state index in [1.807, 2.05) is 31.3 Å². The van der Waals surface area contributed by atoms with Crippen LogP contribution in [0.2, 0.25) is 0 Å². The Morgan fingerprint density at radius 2 is 1.93 bits per heavy atom. The van der Waals surface area contributed by atoms with Gasteiger partial charge in [0.15, 0.2) is 0 Å². The molecule has 1 aliphatic heterocycles. The molecule has 1 N–H and O–H groups in total. The number of carbonyl (C=O) groups is 1. The maximum Gasteiger partial charge on any atom is 0.321 e. The molecule has 0 fully saturated rings. The van der Waals surface area contributed by atoms with Gasteiger partial charge in [-0.25, -0.2) is 9.78 Å². The Morgan fingerprint density at radius 3 is 2.70 bits per heavy atom. The van der Waals surface area contributed by atoms with E-state index in [1.54, 1.807) is 23.3 Å². The normalized spacial score (nSPS) is 12.7. The highest BCUT2D eigenvalue weighted by Gasteiger charge is 2.22. The van der Waals surface area contributed by atoms with Crippen LogP contribution < -0.4 is 10.2 Å². The highest BCUT2D eigenvalue weighted by molar-refractivity contribution is 7.11. The number of nitrogens with one attached hydrogen (secondary N) is 1. The van der Waals surface area contributed by atoms with E-state index >= 15 is 0 Å². The van der Waals surface area contributed by atoms with Crippen molar-refractivity contribution in [2.24, 2.45) is 0 Å². The molecule has 1 aliphatic rings. The number of hydrogen-bond acceptors (Lipinski definition) is 4. The lowest BCUT2D eigenvalue weighted by Gasteiger charge is -2.24. The molecule has 27 heavy (non-hydrogen) atoms. The van der Waals surface area contributed by atoms with Gasteiger partial charge in [-0.15, -0.1) is 11.3 Å². The number of rotatable bonds is 4. The summed E-state index contributed by atoms with van der Waals surface area (Å²) >= 11 is 1.61. The molecular weight excluding hydrogens is 356 g/mol. The summed E-state index contributed by atoms with van der Waals surface area (Å²) in [6.07, 6.45) is 2.85. The third kappa shape index (κ3) is 3.66. The molecule has 0 saturated carbocycles. The molecular formula is C21H22N4OS. The van der Waals surface area contributed by atoms with E-state index < -0.39 is 0 Å². The van der Waals surface area contributed by atoms with Crippen molar-refractivity contribution in [1.29, 1.82) is 0 Å². The van der Waals surface area contributed by atoms with Crippen molar-refractivity contribution in [1.82, 2.24) is 9.88 Å². The molecule has 2 aromatic carbocycles. The summed E-state index contributed by atoms with van der Waals surface area (Å²) in [7, 11) is 1.80. The van der Waals surface area contributed by atoms with E-state index in [0.29, 0.717) is 6.54 Å². The number of urea groups is 1. The van der Waals surface area contributed by atoms with Gasteiger partial charge in [0.05, 0.1) is 22.9 Å². The number of carbonyl (C=O) groups excluding carboxylic acids is 1. The summed E-state index contributed by atoms with van der Waals surface area (Å²) in [4.78, 5) is 22.0. The molecule has 138 valence electrons. The summed E-state index contributed by atoms with van der Waals surface area (Å²) in [5.41, 5.74) is 4.41. The molecule has 0 unspecified atom stereocenters. The van der Waals surface area contributed by atoms with Crippen LogP contribution in [0.1, 0.15) is 15.4 Å². The zero-order valence-corrected chi connectivity index (χ0v) is 16.3. The number of hydrogen-bond donors (Lipinski definition) is 1. The summed E-state index contributed by atoms with van der Waals surface area (Å²) in [6.45, 7) is 3.44. The fourth-order valence-electron chi connectivity index (χ4n) is 3.40. The number of amides is 2. The first-order valence-electron chi connectivity index (χ1n) is 9.00. The van der Waals surface area contributed by atoms with E-state index in [-0.39, 0.29) is 6.03 Å². The Bertz CT molecular complexity index is 968. The van der Waals surface area contributed by atoms with Crippen molar-refractivity contribution in [3.8, 4) is 0 Å². The molecule has 0 aliphatic carbocycles. The molecule has 4 rings (SSSR count). The van der Waals surface area contributed by atoms with Crippen LogP contribution in [0.25, 0.3) is 0 Å². The number of fused-ring (bicyclic) bond motifs is 1. The van der Waals surface area contributed by atoms with Crippen LogP contribution in [0.5, 0.6) is 0 Å². The second kappa shape index (κ2) is 7.40. The van der Waals surface area contributed by atoms with Gasteiger partial charge >= 0.3 is 6.03 Å². The first-order valence-corrected chi connectivity index (χ1v) is 9.81. The fourth-order valence-corrected chi connectivity index (χ4v) is 4.25. The summed E-state index contributed by atoms with van der Waals surface area (Å²) in [5.74, 6) is 0. The van der Waals surface area contributed by atoms with Crippen LogP contribution in [0.3, 0.4) is 0 Å². The van der Waals surface area contributed by atoms with E-state index in [1.165, 1.54) is 11.3 Å². The van der Waals surface area contributed by atoms with Gasteiger partial charge in [-0.05, 0) is 37.1 Å². The molecule has 0 saturated heterocycles. The molecule has 5 nitrogen and oxygen atoms in total. The van der Waals surface area contributed by atoms with Gasteiger partial charge < -0.3 is 15.1 Å². The lowest BCUT2D eigenvalue weighted by molar-refractivity contribution is 0.221. The van der Waals surface area contributed by atoms with E-state index in [4.69, 9.17) is 0 Å². The van der Waals surface area contributed by atoms with E-state index in [0.717, 1.165) is 34.2 Å². The monoisotopic (exact) mass is 378 g/mol. The lowest BCUT2D eigenvalue weighted by Crippen LogP contribution is -2.31. The van der Waals surface area contributed by atoms with Crippen molar-refractivity contribution >= 4 is 34.4 Å². The number of aryl methyl sites for hydroxylation is 1. The SMILES string of the molecule is Cc1ncc(CN(C)C(=O)Nc2ccccc2N2CCc3ccccc32)s1. The van der Waals surface area contributed by atoms with Gasteiger partial charge in [-0.3, -0.25) is 0 Å². The average Bonchev–Trinajstić information content (AvgIpc) is 3.28. The van der Waals surface area contributed by atoms with Crippen molar-refractivity contribution < 1.29 is 4.79 Å². The molecule has 0 atom stereocenters. The van der Waals surface area contributed by atoms with Gasteiger partial charge in [0.2, 0.25) is 0 Å². The maximum absolute atomic E-state index is 12.7. The molecule has 0 bridgehead atoms. The lowest BCUT2D eigenvalue weighted by atomic mass is 10.2. The van der Waals surface area contributed by atoms with Gasteiger partial charge in [-0.1, -0.05) is 30.3 Å². The van der Waals surface area contributed by atoms with Crippen LogP contribution in [0.4, 0.5) is 21.9 Å². The van der Waals surface area contributed by atoms with Crippen LogP contribution in [-0.4, -0.2) is 29.5 Å². The van der Waals surface area contributed by atoms with Crippen molar-refractivity contribution in [2.75, 3.05) is 23.8 Å². The predicted octanol–water partition coefficient (Wildman–Crippen LogP) is 4.81. The number of para-hydroxylation sites is 3. The topological polar surface area (TPSA) is 48.5 Å². The number of thiazole rings is 1. The fraction of sp³-hybridized carbons (Fsp3) is 0.238. The predicted molar refractivity (Wildman–Crippen MR) is 111 cm³/mol. The number of benzene rings is 2. The van der Waals surface area contributed by atoms with Gasteiger partial charge in [0, 0.05) is 30.4 Å². The molecule has 2 amide bonds. The van der Waals surface area contributed by atoms with Crippen LogP contribution in [0, 0.1) is 6.92 Å². The van der Waals surface area contributed by atoms with Crippen molar-refractivity contribution in [3.05, 3.63) is 70.2 Å². The molecule has 2 heterocycles. The largest absolute Gasteiger partial charge is 0.339 e. The van der Waals surface area contributed by atoms with Crippen molar-refractivity contribution in [2.45, 2.75) is 19.9 Å². The molecule has 3 aromatic rings. The minimum Gasteiger partial charge on any atom is -0.339 e. The van der Waals surface area contributed by atoms with E-state index in [9.17, 15) is 4.79 Å². The standard InChI is InChI=1S/C21H22N4OS/c1-15-22-13-17(27-15)14-24(2)21(26)23-18-8-4-6-10-20(18)25-12-11-16-7-3-5-9-19(16)25/h3-10,13H,11-12,14H2,1-2H3,(H,23,26). The Hall–Kier alpha value is -2.86. The summed E-state index contributed by atoms with van der Waals surface area (Å²) in [5, 5.41) is 4.09. The summed E-state index contributed by atoms with van der Waals surface area (Å²) in [6, 6.07) is 16.3. The third-order valence-corrected chi connectivity index (χ3v) is 5.63. The Labute approximate surface area is 163 Å². The minimum atomic E-state index is -0.124. The maximum atomic E-state index is 12.7. The number of aromatic nitrogens is 1. The van der Waals surface area contributed by atoms with Crippen LogP contribution in [0.15, 0.2) is 54.7 Å². The first kappa shape index (κ1) is 17.5. The zero-order valence-electron chi connectivity index (χ0n) is 15.5. The quantitative estimate of drug-likeness (QED) is 0.709. The van der Waals surface area contributed by atoms with Gasteiger partial charge in [-0.2, -0.15) is 0 Å². The zero-order chi connectivity index (χ0) is 18.8. The molecule has 0 radical (unpaired) electrons. The highest BCUT2D eigenvalue weighted by atomic mass is 32.1. The third-order valence-electron chi connectivity index (χ3n) is 4.73. The number of nitrogens with zero attached hydrogens (tertiary/aromatic N) is 3. The average molecular weight is 379 g/mol. The smallest absolute Gasteiger partial charge is 0.321 e. The minimum absolute atomic E-state index is 0.124. The second-order valence-electron chi connectivity index (χ2n) is 6.68. The number of anilines is 3. The molecule has 6 heteroatoms. The van der Waals surface area contributed by atoms with Gasteiger partial charge in [0.25, 0.3) is 0 Å². The van der Waals surface area contributed by atoms with Gasteiger partial charge in [0.1, 0.15) is 0 Å². The molecule has 0 spiro atoms. The Kier molecular flexibility index (Phi) is 4.81. The van der Waals surface area contributed by atoms with Crippen LogP contribution in [-0.2, 0) is 13.0 Å². The summed E-state index contributed by atoms with van der Waals surface area (Å²) < 4.78 is 0. The Morgan fingerprint density at radius 1 is 1.19 bits per heavy atom. The second-order valence-corrected chi connectivity index (χ2v) is 8.00. The molecule has 1 aromatic heterocycles. The first-order chi connectivity index (χ1) is 13.1. The Balaban J connectivity index is 1.52.